The van der Waals surface area contributed by atoms with E-state index in [0.717, 1.165) is 57.8 Å². The van der Waals surface area contributed by atoms with Crippen molar-refractivity contribution in [1.82, 2.24) is 0 Å². The van der Waals surface area contributed by atoms with Crippen LogP contribution >= 0.6 is 0 Å². The third-order valence-electron chi connectivity index (χ3n) is 5.62. The standard InChI is InChI=1S/C20H38O4/c1-2-3-4-5-9-12-18(21)17-14-15-19(22)16(17)11-8-6-7-10-13-20(23)24/h16-19,21-22H,2-15H2,1H3,(H,23,24)/t16-,17+,18?,19?/m1/s1. The fourth-order valence-electron chi connectivity index (χ4n) is 4.14. The quantitative estimate of drug-likeness (QED) is 0.406. The molecular weight excluding hydrogens is 304 g/mol. The van der Waals surface area contributed by atoms with Gasteiger partial charge in [-0.1, -0.05) is 58.3 Å². The predicted molar refractivity (Wildman–Crippen MR) is 96.9 cm³/mol. The first-order chi connectivity index (χ1) is 11.6. The minimum atomic E-state index is -0.719. The van der Waals surface area contributed by atoms with Gasteiger partial charge in [-0.2, -0.15) is 0 Å². The van der Waals surface area contributed by atoms with E-state index in [1.807, 2.05) is 0 Å². The van der Waals surface area contributed by atoms with Crippen LogP contribution in [0, 0.1) is 11.8 Å². The fourth-order valence-corrected chi connectivity index (χ4v) is 4.14. The first-order valence-corrected chi connectivity index (χ1v) is 10.1. The molecule has 0 amide bonds. The van der Waals surface area contributed by atoms with Crippen LogP contribution in [-0.4, -0.2) is 33.5 Å². The Morgan fingerprint density at radius 2 is 1.67 bits per heavy atom. The molecule has 0 heterocycles. The van der Waals surface area contributed by atoms with Crippen LogP contribution in [0.5, 0.6) is 0 Å². The van der Waals surface area contributed by atoms with Crippen molar-refractivity contribution in [3.63, 3.8) is 0 Å². The Hall–Kier alpha value is -0.610. The highest BCUT2D eigenvalue weighted by atomic mass is 16.4. The molecule has 4 nitrogen and oxygen atoms in total. The lowest BCUT2D eigenvalue weighted by molar-refractivity contribution is -0.137. The second-order valence-corrected chi connectivity index (χ2v) is 7.59. The van der Waals surface area contributed by atoms with Crippen LogP contribution in [0.2, 0.25) is 0 Å². The van der Waals surface area contributed by atoms with Crippen molar-refractivity contribution in [3.8, 4) is 0 Å². The molecule has 142 valence electrons. The molecule has 1 aliphatic carbocycles. The largest absolute Gasteiger partial charge is 0.481 e. The molecule has 4 atom stereocenters. The number of aliphatic hydroxyl groups excluding tert-OH is 2. The van der Waals surface area contributed by atoms with Gasteiger partial charge >= 0.3 is 5.97 Å². The van der Waals surface area contributed by atoms with Crippen molar-refractivity contribution in [2.45, 2.75) is 109 Å². The van der Waals surface area contributed by atoms with Crippen LogP contribution in [-0.2, 0) is 4.79 Å². The summed E-state index contributed by atoms with van der Waals surface area (Å²) in [7, 11) is 0. The van der Waals surface area contributed by atoms with Gasteiger partial charge in [-0.3, -0.25) is 4.79 Å². The molecular formula is C20H38O4. The van der Waals surface area contributed by atoms with Crippen LogP contribution in [0.4, 0.5) is 0 Å². The Kier molecular flexibility index (Phi) is 11.4. The van der Waals surface area contributed by atoms with Gasteiger partial charge in [-0.15, -0.1) is 0 Å². The predicted octanol–water partition coefficient (Wildman–Crippen LogP) is 4.52. The molecule has 0 bridgehead atoms. The number of carboxylic acids is 1. The van der Waals surface area contributed by atoms with Gasteiger partial charge in [0.1, 0.15) is 0 Å². The van der Waals surface area contributed by atoms with Gasteiger partial charge in [-0.25, -0.2) is 0 Å². The Morgan fingerprint density at radius 1 is 1.00 bits per heavy atom. The molecule has 2 unspecified atom stereocenters. The summed E-state index contributed by atoms with van der Waals surface area (Å²) in [5.74, 6) is -0.233. The highest BCUT2D eigenvalue weighted by Crippen LogP contribution is 2.39. The lowest BCUT2D eigenvalue weighted by Gasteiger charge is -2.26. The number of carboxylic acid groups (broad SMARTS) is 1. The lowest BCUT2D eigenvalue weighted by atomic mass is 9.84. The van der Waals surface area contributed by atoms with Crippen LogP contribution < -0.4 is 0 Å². The average molecular weight is 343 g/mol. The van der Waals surface area contributed by atoms with Gasteiger partial charge in [0.25, 0.3) is 0 Å². The summed E-state index contributed by atoms with van der Waals surface area (Å²) >= 11 is 0. The number of aliphatic carboxylic acids is 1. The zero-order chi connectivity index (χ0) is 17.8. The highest BCUT2D eigenvalue weighted by Gasteiger charge is 2.38. The van der Waals surface area contributed by atoms with E-state index in [2.05, 4.69) is 6.92 Å². The average Bonchev–Trinajstić information content (AvgIpc) is 2.91. The zero-order valence-electron chi connectivity index (χ0n) is 15.5. The summed E-state index contributed by atoms with van der Waals surface area (Å²) in [5, 5.41) is 29.4. The molecule has 1 saturated carbocycles. The summed E-state index contributed by atoms with van der Waals surface area (Å²) in [4.78, 5) is 10.5. The highest BCUT2D eigenvalue weighted by molar-refractivity contribution is 5.66. The molecule has 1 aliphatic rings. The lowest BCUT2D eigenvalue weighted by Crippen LogP contribution is -2.28. The molecule has 0 aromatic carbocycles. The molecule has 0 spiro atoms. The van der Waals surface area contributed by atoms with Crippen molar-refractivity contribution in [3.05, 3.63) is 0 Å². The Balaban J connectivity index is 2.21. The molecule has 4 heteroatoms. The maximum Gasteiger partial charge on any atom is 0.303 e. The summed E-state index contributed by atoms with van der Waals surface area (Å²) in [6.45, 7) is 2.21. The molecule has 24 heavy (non-hydrogen) atoms. The van der Waals surface area contributed by atoms with E-state index < -0.39 is 5.97 Å². The second kappa shape index (κ2) is 12.7. The number of unbranched alkanes of at least 4 members (excludes halogenated alkanes) is 7. The molecule has 0 aromatic rings. The maximum absolute atomic E-state index is 10.5. The van der Waals surface area contributed by atoms with Gasteiger partial charge < -0.3 is 15.3 Å². The van der Waals surface area contributed by atoms with E-state index in [9.17, 15) is 15.0 Å². The van der Waals surface area contributed by atoms with Crippen molar-refractivity contribution < 1.29 is 20.1 Å². The minimum absolute atomic E-state index is 0.232. The molecule has 0 aliphatic heterocycles. The third kappa shape index (κ3) is 8.48. The van der Waals surface area contributed by atoms with Crippen LogP contribution in [0.25, 0.3) is 0 Å². The summed E-state index contributed by atoms with van der Waals surface area (Å²) in [6, 6.07) is 0. The van der Waals surface area contributed by atoms with E-state index >= 15 is 0 Å². The topological polar surface area (TPSA) is 77.8 Å². The number of carbonyl (C=O) groups is 1. The number of hydrogen-bond acceptors (Lipinski definition) is 3. The van der Waals surface area contributed by atoms with Gasteiger partial charge in [-0.05, 0) is 43.9 Å². The van der Waals surface area contributed by atoms with Crippen molar-refractivity contribution in [2.75, 3.05) is 0 Å². The molecule has 0 aromatic heterocycles. The monoisotopic (exact) mass is 342 g/mol. The summed E-state index contributed by atoms with van der Waals surface area (Å²) < 4.78 is 0. The smallest absolute Gasteiger partial charge is 0.303 e. The number of rotatable bonds is 14. The van der Waals surface area contributed by atoms with Gasteiger partial charge in [0, 0.05) is 6.42 Å². The second-order valence-electron chi connectivity index (χ2n) is 7.59. The molecule has 3 N–H and O–H groups in total. The van der Waals surface area contributed by atoms with Crippen molar-refractivity contribution >= 4 is 5.97 Å². The van der Waals surface area contributed by atoms with E-state index in [1.165, 1.54) is 25.7 Å². The van der Waals surface area contributed by atoms with Gasteiger partial charge in [0.05, 0.1) is 12.2 Å². The van der Waals surface area contributed by atoms with Gasteiger partial charge in [0.15, 0.2) is 0 Å². The summed E-state index contributed by atoms with van der Waals surface area (Å²) in [6.07, 6.45) is 13.2. The van der Waals surface area contributed by atoms with Crippen molar-refractivity contribution in [2.24, 2.45) is 11.8 Å². The molecule has 1 rings (SSSR count). The van der Waals surface area contributed by atoms with Crippen LogP contribution in [0.1, 0.15) is 96.8 Å². The third-order valence-corrected chi connectivity index (χ3v) is 5.62. The maximum atomic E-state index is 10.5. The zero-order valence-corrected chi connectivity index (χ0v) is 15.5. The van der Waals surface area contributed by atoms with E-state index in [0.29, 0.717) is 0 Å². The van der Waals surface area contributed by atoms with Crippen molar-refractivity contribution in [1.29, 1.82) is 0 Å². The van der Waals surface area contributed by atoms with Crippen LogP contribution in [0.3, 0.4) is 0 Å². The van der Waals surface area contributed by atoms with Crippen LogP contribution in [0.15, 0.2) is 0 Å². The number of hydrogen-bond donors (Lipinski definition) is 3. The van der Waals surface area contributed by atoms with Gasteiger partial charge in [0.2, 0.25) is 0 Å². The first-order valence-electron chi connectivity index (χ1n) is 10.1. The summed E-state index contributed by atoms with van der Waals surface area (Å²) in [5.41, 5.74) is 0. The first kappa shape index (κ1) is 21.4. The molecule has 1 fully saturated rings. The Morgan fingerprint density at radius 3 is 2.38 bits per heavy atom. The normalized spacial score (nSPS) is 25.0. The Labute approximate surface area is 147 Å². The minimum Gasteiger partial charge on any atom is -0.481 e. The van der Waals surface area contributed by atoms with E-state index in [-0.39, 0.29) is 30.5 Å². The molecule has 0 radical (unpaired) electrons. The van der Waals surface area contributed by atoms with E-state index in [1.54, 1.807) is 0 Å². The fraction of sp³-hybridized carbons (Fsp3) is 0.950. The van der Waals surface area contributed by atoms with E-state index in [4.69, 9.17) is 5.11 Å². The number of aliphatic hydroxyl groups is 2. The SMILES string of the molecule is CCCCCCCC(O)[C@H]1CCC(O)[C@@H]1CCCCCCC(=O)O. The molecule has 0 saturated heterocycles. The Bertz CT molecular complexity index is 332.